The van der Waals surface area contributed by atoms with E-state index in [9.17, 15) is 4.79 Å². The third kappa shape index (κ3) is 3.26. The van der Waals surface area contributed by atoms with Gasteiger partial charge in [-0.2, -0.15) is 0 Å². The molecule has 110 valence electrons. The second-order valence-corrected chi connectivity index (χ2v) is 6.45. The summed E-state index contributed by atoms with van der Waals surface area (Å²) < 4.78 is 0. The SMILES string of the molecule is N[C@@H]1CCN(C(=O)Cc2csc(-c3ccccc3Cl)n2)C1. The number of halogens is 1. The molecule has 6 heteroatoms. The smallest absolute Gasteiger partial charge is 0.228 e. The van der Waals surface area contributed by atoms with Crippen molar-refractivity contribution < 1.29 is 4.79 Å². The van der Waals surface area contributed by atoms with Crippen molar-refractivity contribution in [2.75, 3.05) is 13.1 Å². The lowest BCUT2D eigenvalue weighted by molar-refractivity contribution is -0.129. The fraction of sp³-hybridized carbons (Fsp3) is 0.333. The van der Waals surface area contributed by atoms with Crippen LogP contribution in [0.2, 0.25) is 5.02 Å². The van der Waals surface area contributed by atoms with Crippen LogP contribution in [0.15, 0.2) is 29.6 Å². The van der Waals surface area contributed by atoms with E-state index in [1.165, 1.54) is 11.3 Å². The van der Waals surface area contributed by atoms with E-state index in [2.05, 4.69) is 4.98 Å². The van der Waals surface area contributed by atoms with Gasteiger partial charge in [-0.05, 0) is 12.5 Å². The molecule has 1 atom stereocenters. The van der Waals surface area contributed by atoms with Gasteiger partial charge in [0.2, 0.25) is 5.91 Å². The third-order valence-electron chi connectivity index (χ3n) is 3.57. The van der Waals surface area contributed by atoms with Crippen molar-refractivity contribution in [2.45, 2.75) is 18.9 Å². The molecule has 3 rings (SSSR count). The van der Waals surface area contributed by atoms with E-state index in [1.807, 2.05) is 34.5 Å². The van der Waals surface area contributed by atoms with E-state index >= 15 is 0 Å². The number of carbonyl (C=O) groups excluding carboxylic acids is 1. The summed E-state index contributed by atoms with van der Waals surface area (Å²) in [6.07, 6.45) is 1.21. The maximum atomic E-state index is 12.2. The highest BCUT2D eigenvalue weighted by atomic mass is 35.5. The van der Waals surface area contributed by atoms with Crippen LogP contribution >= 0.6 is 22.9 Å². The molecule has 2 aromatic rings. The molecule has 0 unspecified atom stereocenters. The lowest BCUT2D eigenvalue weighted by atomic mass is 10.2. The van der Waals surface area contributed by atoms with Crippen LogP contribution in [0.3, 0.4) is 0 Å². The van der Waals surface area contributed by atoms with Gasteiger partial charge in [-0.25, -0.2) is 4.98 Å². The van der Waals surface area contributed by atoms with E-state index in [4.69, 9.17) is 17.3 Å². The molecule has 2 heterocycles. The Labute approximate surface area is 132 Å². The van der Waals surface area contributed by atoms with Crippen LogP contribution in [-0.4, -0.2) is 34.9 Å². The zero-order valence-corrected chi connectivity index (χ0v) is 13.0. The Morgan fingerprint density at radius 2 is 2.29 bits per heavy atom. The standard InChI is InChI=1S/C15H16ClN3OS/c16-13-4-2-1-3-12(13)15-18-11(9-21-15)7-14(20)19-6-5-10(17)8-19/h1-4,9-10H,5-8,17H2/t10-/m1/s1. The summed E-state index contributed by atoms with van der Waals surface area (Å²) in [6.45, 7) is 1.40. The number of hydrogen-bond acceptors (Lipinski definition) is 4. The van der Waals surface area contributed by atoms with Gasteiger partial charge in [-0.3, -0.25) is 4.79 Å². The predicted molar refractivity (Wildman–Crippen MR) is 85.4 cm³/mol. The van der Waals surface area contributed by atoms with E-state index in [1.54, 1.807) is 0 Å². The molecule has 1 amide bonds. The number of rotatable bonds is 3. The first-order valence-corrected chi connectivity index (χ1v) is 8.12. The number of amides is 1. The third-order valence-corrected chi connectivity index (χ3v) is 4.82. The topological polar surface area (TPSA) is 59.2 Å². The van der Waals surface area contributed by atoms with Gasteiger partial charge in [0.05, 0.1) is 17.1 Å². The van der Waals surface area contributed by atoms with Crippen molar-refractivity contribution in [3.63, 3.8) is 0 Å². The number of nitrogens with two attached hydrogens (primary N) is 1. The fourth-order valence-electron chi connectivity index (χ4n) is 2.43. The molecular formula is C15H16ClN3OS. The average Bonchev–Trinajstić information content (AvgIpc) is 3.08. The predicted octanol–water partition coefficient (Wildman–Crippen LogP) is 2.57. The minimum Gasteiger partial charge on any atom is -0.341 e. The Morgan fingerprint density at radius 1 is 1.48 bits per heavy atom. The van der Waals surface area contributed by atoms with Gasteiger partial charge >= 0.3 is 0 Å². The number of likely N-dealkylation sites (tertiary alicyclic amines) is 1. The van der Waals surface area contributed by atoms with Crippen molar-refractivity contribution in [1.29, 1.82) is 0 Å². The lowest BCUT2D eigenvalue weighted by Gasteiger charge is -2.14. The number of thiazole rings is 1. The highest BCUT2D eigenvalue weighted by Gasteiger charge is 2.24. The van der Waals surface area contributed by atoms with Gasteiger partial charge in [0.25, 0.3) is 0 Å². The number of nitrogens with zero attached hydrogens (tertiary/aromatic N) is 2. The zero-order valence-electron chi connectivity index (χ0n) is 11.5. The van der Waals surface area contributed by atoms with E-state index < -0.39 is 0 Å². The quantitative estimate of drug-likeness (QED) is 0.945. The van der Waals surface area contributed by atoms with Crippen molar-refractivity contribution in [3.8, 4) is 10.6 Å². The van der Waals surface area contributed by atoms with Crippen LogP contribution in [0.4, 0.5) is 0 Å². The minimum atomic E-state index is 0.0963. The summed E-state index contributed by atoms with van der Waals surface area (Å²) in [7, 11) is 0. The normalized spacial score (nSPS) is 18.2. The van der Waals surface area contributed by atoms with Crippen molar-refractivity contribution in [1.82, 2.24) is 9.88 Å². The molecule has 2 N–H and O–H groups in total. The zero-order chi connectivity index (χ0) is 14.8. The van der Waals surface area contributed by atoms with E-state index in [0.29, 0.717) is 18.0 Å². The molecule has 1 aromatic heterocycles. The highest BCUT2D eigenvalue weighted by molar-refractivity contribution is 7.13. The molecule has 0 spiro atoms. The Hall–Kier alpha value is -1.43. The largest absolute Gasteiger partial charge is 0.341 e. The molecule has 0 radical (unpaired) electrons. The van der Waals surface area contributed by atoms with Gasteiger partial charge in [-0.1, -0.05) is 29.8 Å². The minimum absolute atomic E-state index is 0.0963. The van der Waals surface area contributed by atoms with Crippen molar-refractivity contribution in [3.05, 3.63) is 40.4 Å². The molecule has 0 saturated carbocycles. The van der Waals surface area contributed by atoms with Gasteiger partial charge in [-0.15, -0.1) is 11.3 Å². The van der Waals surface area contributed by atoms with Crippen LogP contribution in [0.1, 0.15) is 12.1 Å². The molecule has 4 nitrogen and oxygen atoms in total. The molecule has 21 heavy (non-hydrogen) atoms. The molecular weight excluding hydrogens is 306 g/mol. The first-order chi connectivity index (χ1) is 10.1. The summed E-state index contributed by atoms with van der Waals surface area (Å²) in [5, 5.41) is 3.45. The van der Waals surface area contributed by atoms with Gasteiger partial charge in [0, 0.05) is 30.1 Å². The summed E-state index contributed by atoms with van der Waals surface area (Å²) >= 11 is 7.68. The Morgan fingerprint density at radius 3 is 3.00 bits per heavy atom. The molecule has 1 aliphatic rings. The molecule has 1 fully saturated rings. The molecule has 1 aromatic carbocycles. The maximum absolute atomic E-state index is 12.2. The van der Waals surface area contributed by atoms with Gasteiger partial charge < -0.3 is 10.6 Å². The monoisotopic (exact) mass is 321 g/mol. The van der Waals surface area contributed by atoms with Gasteiger partial charge in [0.1, 0.15) is 5.01 Å². The van der Waals surface area contributed by atoms with Crippen LogP contribution in [-0.2, 0) is 11.2 Å². The van der Waals surface area contributed by atoms with E-state index in [-0.39, 0.29) is 11.9 Å². The van der Waals surface area contributed by atoms with Crippen LogP contribution in [0.5, 0.6) is 0 Å². The second-order valence-electron chi connectivity index (χ2n) is 5.19. The lowest BCUT2D eigenvalue weighted by Crippen LogP contribution is -2.32. The first-order valence-electron chi connectivity index (χ1n) is 6.86. The van der Waals surface area contributed by atoms with Gasteiger partial charge in [0.15, 0.2) is 0 Å². The average molecular weight is 322 g/mol. The summed E-state index contributed by atoms with van der Waals surface area (Å²) in [4.78, 5) is 18.5. The molecule has 1 aliphatic heterocycles. The van der Waals surface area contributed by atoms with Crippen LogP contribution in [0, 0.1) is 0 Å². The molecule has 0 aliphatic carbocycles. The first kappa shape index (κ1) is 14.5. The summed E-state index contributed by atoms with van der Waals surface area (Å²) in [5.41, 5.74) is 7.53. The Kier molecular flexibility index (Phi) is 4.24. The molecule has 0 bridgehead atoms. The second kappa shape index (κ2) is 6.13. The highest BCUT2D eigenvalue weighted by Crippen LogP contribution is 2.30. The summed E-state index contributed by atoms with van der Waals surface area (Å²) in [5.74, 6) is 0.0963. The fourth-order valence-corrected chi connectivity index (χ4v) is 3.57. The Balaban J connectivity index is 1.71. The molecule has 1 saturated heterocycles. The Bertz CT molecular complexity index is 658. The maximum Gasteiger partial charge on any atom is 0.228 e. The van der Waals surface area contributed by atoms with Crippen LogP contribution < -0.4 is 5.73 Å². The number of benzene rings is 1. The van der Waals surface area contributed by atoms with Crippen molar-refractivity contribution >= 4 is 28.8 Å². The number of carbonyl (C=O) groups is 1. The van der Waals surface area contributed by atoms with Crippen LogP contribution in [0.25, 0.3) is 10.6 Å². The summed E-state index contributed by atoms with van der Waals surface area (Å²) in [6, 6.07) is 7.71. The number of aromatic nitrogens is 1. The number of hydrogen-bond donors (Lipinski definition) is 1. The van der Waals surface area contributed by atoms with Crippen molar-refractivity contribution in [2.24, 2.45) is 5.73 Å². The van der Waals surface area contributed by atoms with E-state index in [0.717, 1.165) is 29.2 Å².